The second kappa shape index (κ2) is 4.71. The van der Waals surface area contributed by atoms with Crippen molar-refractivity contribution in [2.45, 2.75) is 6.42 Å². The van der Waals surface area contributed by atoms with E-state index in [4.69, 9.17) is 11.1 Å². The lowest BCUT2D eigenvalue weighted by Crippen LogP contribution is -2.31. The molecule has 1 aromatic rings. The Labute approximate surface area is 80.9 Å². The molecule has 0 fully saturated rings. The molecule has 0 saturated carbocycles. The van der Waals surface area contributed by atoms with Crippen molar-refractivity contribution in [3.05, 3.63) is 35.3 Å². The first-order valence-electron chi connectivity index (χ1n) is 3.84. The molecule has 0 aliphatic rings. The first kappa shape index (κ1) is 9.85. The summed E-state index contributed by atoms with van der Waals surface area (Å²) in [6.07, 6.45) is 2.10. The van der Waals surface area contributed by atoms with Gasteiger partial charge in [-0.3, -0.25) is 5.41 Å². The van der Waals surface area contributed by atoms with Crippen LogP contribution < -0.4 is 10.5 Å². The smallest absolute Gasteiger partial charge is 0.193 e. The lowest BCUT2D eigenvalue weighted by atomic mass is 10.3. The van der Waals surface area contributed by atoms with Crippen LogP contribution in [0.5, 0.6) is 0 Å². The fourth-order valence-electron chi connectivity index (χ4n) is 0.923. The summed E-state index contributed by atoms with van der Waals surface area (Å²) in [5, 5.41) is 18.2. The molecule has 5 heteroatoms. The van der Waals surface area contributed by atoms with E-state index in [-0.39, 0.29) is 5.17 Å². The molecule has 0 spiro atoms. The lowest BCUT2D eigenvalue weighted by Gasteiger charge is -2.02. The largest absolute Gasteiger partial charge is 0.619 e. The summed E-state index contributed by atoms with van der Waals surface area (Å²) >= 11 is 1.24. The molecule has 0 saturated heterocycles. The fourth-order valence-corrected chi connectivity index (χ4v) is 1.45. The van der Waals surface area contributed by atoms with Gasteiger partial charge in [-0.2, -0.15) is 4.73 Å². The maximum atomic E-state index is 11.1. The molecule has 13 heavy (non-hydrogen) atoms. The van der Waals surface area contributed by atoms with E-state index in [1.54, 1.807) is 12.1 Å². The van der Waals surface area contributed by atoms with Crippen molar-refractivity contribution in [3.8, 4) is 0 Å². The Hall–Kier alpha value is -1.23. The average Bonchev–Trinajstić information content (AvgIpc) is 2.08. The standard InChI is InChI=1S/C8H11N3OS/c9-8(10)13-6-4-7-3-1-2-5-11(7)12/h1-3,5H,4,6H2,(H3,9,10). The van der Waals surface area contributed by atoms with E-state index >= 15 is 0 Å². The lowest BCUT2D eigenvalue weighted by molar-refractivity contribution is -0.613. The number of hydrogen-bond donors (Lipinski definition) is 2. The minimum Gasteiger partial charge on any atom is -0.619 e. The summed E-state index contributed by atoms with van der Waals surface area (Å²) in [4.78, 5) is 0. The van der Waals surface area contributed by atoms with Gasteiger partial charge in [0.1, 0.15) is 0 Å². The predicted octanol–water partition coefficient (Wildman–Crippen LogP) is 0.489. The molecule has 0 aromatic carbocycles. The maximum Gasteiger partial charge on any atom is 0.193 e. The minimum atomic E-state index is 0.0911. The third-order valence-corrected chi connectivity index (χ3v) is 2.24. The first-order chi connectivity index (χ1) is 6.20. The Morgan fingerprint density at radius 1 is 1.62 bits per heavy atom. The highest BCUT2D eigenvalue weighted by Gasteiger charge is 2.02. The molecule has 3 N–H and O–H groups in total. The van der Waals surface area contributed by atoms with Crippen LogP contribution in [0.25, 0.3) is 0 Å². The topological polar surface area (TPSA) is 76.8 Å². The maximum absolute atomic E-state index is 11.1. The summed E-state index contributed by atoms with van der Waals surface area (Å²) in [7, 11) is 0. The number of hydrogen-bond acceptors (Lipinski definition) is 3. The molecule has 0 aliphatic carbocycles. The van der Waals surface area contributed by atoms with Crippen molar-refractivity contribution in [2.24, 2.45) is 5.73 Å². The molecule has 0 atom stereocenters. The van der Waals surface area contributed by atoms with E-state index in [1.165, 1.54) is 18.0 Å². The van der Waals surface area contributed by atoms with E-state index in [0.29, 0.717) is 17.9 Å². The number of nitrogens with one attached hydrogen (secondary N) is 1. The van der Waals surface area contributed by atoms with Gasteiger partial charge < -0.3 is 10.9 Å². The zero-order valence-corrected chi connectivity index (χ0v) is 7.88. The van der Waals surface area contributed by atoms with Crippen molar-refractivity contribution in [1.29, 1.82) is 5.41 Å². The Morgan fingerprint density at radius 3 is 3.00 bits per heavy atom. The van der Waals surface area contributed by atoms with Gasteiger partial charge >= 0.3 is 0 Å². The van der Waals surface area contributed by atoms with Crippen LogP contribution in [0.15, 0.2) is 24.4 Å². The second-order valence-corrected chi connectivity index (χ2v) is 3.62. The van der Waals surface area contributed by atoms with Crippen LogP contribution in [0.3, 0.4) is 0 Å². The van der Waals surface area contributed by atoms with E-state index in [0.717, 1.165) is 4.73 Å². The van der Waals surface area contributed by atoms with Gasteiger partial charge in [-0.05, 0) is 0 Å². The highest BCUT2D eigenvalue weighted by atomic mass is 32.2. The summed E-state index contributed by atoms with van der Waals surface area (Å²) in [5.41, 5.74) is 5.86. The first-order valence-corrected chi connectivity index (χ1v) is 4.82. The van der Waals surface area contributed by atoms with E-state index in [1.807, 2.05) is 6.07 Å². The number of nitrogens with two attached hydrogens (primary N) is 1. The fraction of sp³-hybridized carbons (Fsp3) is 0.250. The molecule has 0 amide bonds. The second-order valence-electron chi connectivity index (χ2n) is 2.48. The van der Waals surface area contributed by atoms with Crippen LogP contribution in [0.4, 0.5) is 0 Å². The van der Waals surface area contributed by atoms with Crippen LogP contribution in [0, 0.1) is 10.6 Å². The van der Waals surface area contributed by atoms with E-state index in [9.17, 15) is 5.21 Å². The zero-order valence-electron chi connectivity index (χ0n) is 7.06. The molecular weight excluding hydrogens is 186 g/mol. The molecule has 0 aliphatic heterocycles. The third-order valence-electron chi connectivity index (χ3n) is 1.52. The van der Waals surface area contributed by atoms with Gasteiger partial charge in [0.05, 0.1) is 0 Å². The molecular formula is C8H11N3OS. The van der Waals surface area contributed by atoms with Crippen molar-refractivity contribution in [3.63, 3.8) is 0 Å². The molecule has 0 bridgehead atoms. The highest BCUT2D eigenvalue weighted by Crippen LogP contribution is 2.02. The van der Waals surface area contributed by atoms with Crippen LogP contribution >= 0.6 is 11.8 Å². The number of pyridine rings is 1. The molecule has 70 valence electrons. The molecule has 4 nitrogen and oxygen atoms in total. The van der Waals surface area contributed by atoms with Crippen LogP contribution in [0.2, 0.25) is 0 Å². The number of nitrogens with zero attached hydrogens (tertiary/aromatic N) is 1. The van der Waals surface area contributed by atoms with Gasteiger partial charge in [-0.25, -0.2) is 0 Å². The number of rotatable bonds is 3. The SMILES string of the molecule is N=C(N)SCCc1cccc[n+]1[O-]. The van der Waals surface area contributed by atoms with E-state index in [2.05, 4.69) is 0 Å². The average molecular weight is 197 g/mol. The summed E-state index contributed by atoms with van der Waals surface area (Å²) in [6, 6.07) is 5.28. The number of aromatic nitrogens is 1. The molecule has 0 radical (unpaired) electrons. The Balaban J connectivity index is 2.45. The number of thioether (sulfide) groups is 1. The number of aryl methyl sites for hydroxylation is 1. The van der Waals surface area contributed by atoms with Gasteiger partial charge in [-0.1, -0.05) is 17.8 Å². The van der Waals surface area contributed by atoms with Crippen LogP contribution in [-0.2, 0) is 6.42 Å². The van der Waals surface area contributed by atoms with Crippen molar-refractivity contribution < 1.29 is 4.73 Å². The van der Waals surface area contributed by atoms with Gasteiger partial charge in [0.15, 0.2) is 17.1 Å². The van der Waals surface area contributed by atoms with Gasteiger partial charge in [-0.15, -0.1) is 0 Å². The Morgan fingerprint density at radius 2 is 2.38 bits per heavy atom. The van der Waals surface area contributed by atoms with Crippen LogP contribution in [-0.4, -0.2) is 10.9 Å². The van der Waals surface area contributed by atoms with Crippen molar-refractivity contribution in [2.75, 3.05) is 5.75 Å². The van der Waals surface area contributed by atoms with Crippen molar-refractivity contribution >= 4 is 16.9 Å². The predicted molar refractivity (Wildman–Crippen MR) is 53.5 cm³/mol. The van der Waals surface area contributed by atoms with Gasteiger partial charge in [0.25, 0.3) is 0 Å². The minimum absolute atomic E-state index is 0.0911. The third kappa shape index (κ3) is 3.33. The Bertz CT molecular complexity index is 303. The molecule has 1 aromatic heterocycles. The zero-order chi connectivity index (χ0) is 9.68. The molecule has 1 heterocycles. The summed E-state index contributed by atoms with van der Waals surface area (Å²) < 4.78 is 0.834. The van der Waals surface area contributed by atoms with Gasteiger partial charge in [0, 0.05) is 24.3 Å². The van der Waals surface area contributed by atoms with E-state index < -0.39 is 0 Å². The van der Waals surface area contributed by atoms with Crippen molar-refractivity contribution in [1.82, 2.24) is 0 Å². The molecule has 0 unspecified atom stereocenters. The highest BCUT2D eigenvalue weighted by molar-refractivity contribution is 8.13. The number of amidine groups is 1. The van der Waals surface area contributed by atoms with Crippen LogP contribution in [0.1, 0.15) is 5.69 Å². The quantitative estimate of drug-likeness (QED) is 0.320. The summed E-state index contributed by atoms with van der Waals surface area (Å²) in [6.45, 7) is 0. The molecule has 1 rings (SSSR count). The normalized spacial score (nSPS) is 9.85. The summed E-state index contributed by atoms with van der Waals surface area (Å²) in [5.74, 6) is 0.668. The van der Waals surface area contributed by atoms with Gasteiger partial charge in [0.2, 0.25) is 0 Å². The Kier molecular flexibility index (Phi) is 3.57. The monoisotopic (exact) mass is 197 g/mol.